The number of carbonyl (C=O) groups is 1. The minimum atomic E-state index is -0.725. The number of benzene rings is 2. The van der Waals surface area contributed by atoms with Gasteiger partial charge >= 0.3 is 5.97 Å². The molecule has 2 aromatic heterocycles. The number of fused-ring (bicyclic) bond motifs is 1. The van der Waals surface area contributed by atoms with Gasteiger partial charge in [-0.15, -0.1) is 0 Å². The molecule has 1 saturated heterocycles. The largest absolute Gasteiger partial charge is 0.473 e. The summed E-state index contributed by atoms with van der Waals surface area (Å²) in [6.45, 7) is 3.08. The van der Waals surface area contributed by atoms with E-state index in [0.717, 1.165) is 30.7 Å². The minimum Gasteiger partial charge on any atom is -0.473 e. The summed E-state index contributed by atoms with van der Waals surface area (Å²) in [7, 11) is 1.23. The van der Waals surface area contributed by atoms with Crippen LogP contribution in [0.5, 0.6) is 5.88 Å². The molecule has 4 aromatic rings. The summed E-state index contributed by atoms with van der Waals surface area (Å²) in [4.78, 5) is 23.7. The molecule has 8 nitrogen and oxygen atoms in total. The number of esters is 1. The van der Waals surface area contributed by atoms with Crippen LogP contribution in [0.15, 0.2) is 54.6 Å². The van der Waals surface area contributed by atoms with Gasteiger partial charge in [0.25, 0.3) is 0 Å². The second-order valence-corrected chi connectivity index (χ2v) is 10.7. The van der Waals surface area contributed by atoms with Crippen molar-refractivity contribution in [2.75, 3.05) is 26.8 Å². The lowest BCUT2D eigenvalue weighted by Crippen LogP contribution is -2.34. The van der Waals surface area contributed by atoms with Crippen LogP contribution >= 0.6 is 11.6 Å². The first kappa shape index (κ1) is 28.3. The molecule has 2 aliphatic rings. The fourth-order valence-corrected chi connectivity index (χ4v) is 5.36. The Balaban J connectivity index is 1.17. The molecule has 11 heteroatoms. The zero-order valence-corrected chi connectivity index (χ0v) is 23.7. The SMILES string of the molecule is COC(=O)c1ccc2nc(CN3CC=C(c4cccc(OCc5ccc(Cl)cc5F)n4)CC3)n(C[C@@H]3CCO3)c2c1F. The second-order valence-electron chi connectivity index (χ2n) is 10.3. The molecule has 0 radical (unpaired) electrons. The highest BCUT2D eigenvalue weighted by Gasteiger charge is 2.27. The average Bonchev–Trinajstić information content (AvgIpc) is 3.32. The van der Waals surface area contributed by atoms with Crippen molar-refractivity contribution < 1.29 is 27.8 Å². The highest BCUT2D eigenvalue weighted by atomic mass is 35.5. The standard InChI is InChI=1S/C31H29ClF2N4O4/c1-40-31(39)23-7-8-26-30(29(23)34)38(16-22-11-14-41-22)27(35-26)17-37-12-9-19(10-13-37)25-3-2-4-28(36-25)42-18-20-5-6-21(32)15-24(20)33/h2-9,15,22H,10-14,16-18H2,1H3/t22-/m0/s1. The van der Waals surface area contributed by atoms with E-state index in [-0.39, 0.29) is 23.8 Å². The molecule has 0 N–H and O–H groups in total. The first-order valence-corrected chi connectivity index (χ1v) is 14.1. The number of halogens is 3. The van der Waals surface area contributed by atoms with Crippen molar-refractivity contribution in [3.63, 3.8) is 0 Å². The molecule has 1 atom stereocenters. The van der Waals surface area contributed by atoms with E-state index in [1.807, 2.05) is 16.7 Å². The van der Waals surface area contributed by atoms with Crippen molar-refractivity contribution in [1.82, 2.24) is 19.4 Å². The third kappa shape index (κ3) is 5.88. The molecule has 42 heavy (non-hydrogen) atoms. The summed E-state index contributed by atoms with van der Waals surface area (Å²) in [6.07, 6.45) is 3.73. The van der Waals surface area contributed by atoms with E-state index in [2.05, 4.69) is 16.0 Å². The Hall–Kier alpha value is -3.86. The number of hydrogen-bond acceptors (Lipinski definition) is 7. The molecule has 0 amide bonds. The first-order chi connectivity index (χ1) is 20.4. The quantitative estimate of drug-likeness (QED) is 0.226. The molecule has 1 fully saturated rings. The van der Waals surface area contributed by atoms with Crippen molar-refractivity contribution in [2.24, 2.45) is 0 Å². The lowest BCUT2D eigenvalue weighted by Gasteiger charge is -2.29. The smallest absolute Gasteiger partial charge is 0.340 e. The number of aromatic nitrogens is 3. The molecular weight excluding hydrogens is 566 g/mol. The number of hydrogen-bond donors (Lipinski definition) is 0. The zero-order valence-electron chi connectivity index (χ0n) is 23.0. The summed E-state index contributed by atoms with van der Waals surface area (Å²) in [5.74, 6) is -0.663. The van der Waals surface area contributed by atoms with Crippen LogP contribution in [0.25, 0.3) is 16.6 Å². The summed E-state index contributed by atoms with van der Waals surface area (Å²) < 4.78 is 47.6. The van der Waals surface area contributed by atoms with Crippen LogP contribution in [0.3, 0.4) is 0 Å². The molecular formula is C31H29ClF2N4O4. The van der Waals surface area contributed by atoms with Gasteiger partial charge in [-0.05, 0) is 48.7 Å². The van der Waals surface area contributed by atoms with Gasteiger partial charge < -0.3 is 18.8 Å². The third-order valence-electron chi connectivity index (χ3n) is 7.61. The highest BCUT2D eigenvalue weighted by molar-refractivity contribution is 6.30. The minimum absolute atomic E-state index is 0.0214. The maximum Gasteiger partial charge on any atom is 0.340 e. The fraction of sp³-hybridized carbons (Fsp3) is 0.323. The summed E-state index contributed by atoms with van der Waals surface area (Å²) in [5.41, 5.74) is 2.94. The van der Waals surface area contributed by atoms with Gasteiger partial charge in [0.15, 0.2) is 5.82 Å². The van der Waals surface area contributed by atoms with Crippen LogP contribution in [0.4, 0.5) is 8.78 Å². The van der Waals surface area contributed by atoms with Crippen molar-refractivity contribution in [3.05, 3.63) is 93.9 Å². The number of imidazole rings is 1. The van der Waals surface area contributed by atoms with Gasteiger partial charge in [0.05, 0.1) is 43.1 Å². The Kier molecular flexibility index (Phi) is 8.19. The van der Waals surface area contributed by atoms with Crippen molar-refractivity contribution >= 4 is 34.2 Å². The highest BCUT2D eigenvalue weighted by Crippen LogP contribution is 2.28. The Labute approximate surface area is 246 Å². The Bertz CT molecular complexity index is 1670. The summed E-state index contributed by atoms with van der Waals surface area (Å²) in [6, 6.07) is 13.1. The van der Waals surface area contributed by atoms with Gasteiger partial charge in [-0.2, -0.15) is 0 Å². The van der Waals surface area contributed by atoms with E-state index in [4.69, 9.17) is 30.8 Å². The molecule has 6 rings (SSSR count). The molecule has 0 spiro atoms. The topological polar surface area (TPSA) is 78.7 Å². The van der Waals surface area contributed by atoms with Crippen molar-refractivity contribution in [2.45, 2.75) is 38.6 Å². The summed E-state index contributed by atoms with van der Waals surface area (Å²) in [5, 5.41) is 0.333. The third-order valence-corrected chi connectivity index (χ3v) is 7.85. The molecule has 218 valence electrons. The van der Waals surface area contributed by atoms with Crippen molar-refractivity contribution in [1.29, 1.82) is 0 Å². The van der Waals surface area contributed by atoms with E-state index in [9.17, 15) is 9.18 Å². The Morgan fingerprint density at radius 2 is 2.02 bits per heavy atom. The van der Waals surface area contributed by atoms with Crippen LogP contribution in [-0.4, -0.2) is 58.3 Å². The molecule has 0 bridgehead atoms. The summed E-state index contributed by atoms with van der Waals surface area (Å²) >= 11 is 5.84. The number of pyridine rings is 1. The number of rotatable bonds is 9. The van der Waals surface area contributed by atoms with Gasteiger partial charge in [0, 0.05) is 36.3 Å². The number of carbonyl (C=O) groups excluding carboxylic acids is 1. The molecule has 2 aromatic carbocycles. The second kappa shape index (κ2) is 12.2. The zero-order chi connectivity index (χ0) is 29.2. The Morgan fingerprint density at radius 1 is 1.17 bits per heavy atom. The van der Waals surface area contributed by atoms with Gasteiger partial charge in [0.1, 0.15) is 23.8 Å². The van der Waals surface area contributed by atoms with Crippen LogP contribution in [0, 0.1) is 11.6 Å². The number of nitrogens with zero attached hydrogens (tertiary/aromatic N) is 4. The van der Waals surface area contributed by atoms with Crippen LogP contribution in [0.2, 0.25) is 5.02 Å². The molecule has 0 saturated carbocycles. The number of methoxy groups -OCH3 is 1. The van der Waals surface area contributed by atoms with Gasteiger partial charge in [0.2, 0.25) is 5.88 Å². The maximum absolute atomic E-state index is 15.5. The van der Waals surface area contributed by atoms with E-state index >= 15 is 4.39 Å². The molecule has 2 aliphatic heterocycles. The van der Waals surface area contributed by atoms with E-state index < -0.39 is 17.6 Å². The fourth-order valence-electron chi connectivity index (χ4n) is 5.20. The predicted octanol–water partition coefficient (Wildman–Crippen LogP) is 5.81. The first-order valence-electron chi connectivity index (χ1n) is 13.7. The maximum atomic E-state index is 15.5. The Morgan fingerprint density at radius 3 is 2.74 bits per heavy atom. The molecule has 4 heterocycles. The lowest BCUT2D eigenvalue weighted by atomic mass is 10.0. The normalized spacial score (nSPS) is 17.1. The number of ether oxygens (including phenoxy) is 3. The van der Waals surface area contributed by atoms with E-state index in [1.165, 1.54) is 19.2 Å². The molecule has 0 aliphatic carbocycles. The predicted molar refractivity (Wildman–Crippen MR) is 153 cm³/mol. The lowest BCUT2D eigenvalue weighted by molar-refractivity contribution is -0.0592. The van der Waals surface area contributed by atoms with Crippen LogP contribution < -0.4 is 4.74 Å². The monoisotopic (exact) mass is 594 g/mol. The van der Waals surface area contributed by atoms with E-state index in [0.29, 0.717) is 54.0 Å². The van der Waals surface area contributed by atoms with E-state index in [1.54, 1.807) is 24.3 Å². The van der Waals surface area contributed by atoms with Crippen LogP contribution in [0.1, 0.15) is 40.3 Å². The average molecular weight is 595 g/mol. The molecule has 0 unspecified atom stereocenters. The van der Waals surface area contributed by atoms with Gasteiger partial charge in [-0.1, -0.05) is 29.8 Å². The van der Waals surface area contributed by atoms with Gasteiger partial charge in [-0.3, -0.25) is 4.90 Å². The van der Waals surface area contributed by atoms with Crippen molar-refractivity contribution in [3.8, 4) is 5.88 Å². The van der Waals surface area contributed by atoms with Gasteiger partial charge in [-0.25, -0.2) is 23.5 Å². The van der Waals surface area contributed by atoms with Crippen LogP contribution in [-0.2, 0) is 29.2 Å².